The van der Waals surface area contributed by atoms with E-state index in [0.29, 0.717) is 0 Å². The summed E-state index contributed by atoms with van der Waals surface area (Å²) in [5.74, 6) is 1.47. The number of aromatic nitrogens is 1. The van der Waals surface area contributed by atoms with Crippen LogP contribution < -0.4 is 14.4 Å². The Balaban J connectivity index is 1.96. The Hall–Kier alpha value is -1.79. The van der Waals surface area contributed by atoms with Crippen LogP contribution in [0.5, 0.6) is 11.5 Å². The van der Waals surface area contributed by atoms with Crippen molar-refractivity contribution in [1.29, 1.82) is 0 Å². The number of anilines is 2. The minimum Gasteiger partial charge on any atom is -0.493 e. The molecule has 0 radical (unpaired) electrons. The number of halogens is 1. The first-order chi connectivity index (χ1) is 13.7. The standard InChI is InChI=1S/C22H27BrN2O2S/c1-4-16-8-10-18-21(14-16)28-22(24-18)25(13-7-5-6-12-23)17-9-11-19(26-2)20(15-17)27-3/h8-11,14-15H,4-7,12-13H2,1-3H3. The molecule has 0 saturated heterocycles. The van der Waals surface area contributed by atoms with Crippen LogP contribution in [0.25, 0.3) is 10.2 Å². The molecule has 0 amide bonds. The van der Waals surface area contributed by atoms with Crippen LogP contribution in [-0.4, -0.2) is 31.1 Å². The summed E-state index contributed by atoms with van der Waals surface area (Å²) in [6.45, 7) is 3.10. The highest BCUT2D eigenvalue weighted by Gasteiger charge is 2.17. The molecule has 0 aliphatic carbocycles. The first-order valence-electron chi connectivity index (χ1n) is 9.65. The molecule has 0 unspecified atom stereocenters. The number of aryl methyl sites for hydroxylation is 1. The van der Waals surface area contributed by atoms with Gasteiger partial charge in [0.15, 0.2) is 16.6 Å². The molecule has 0 aliphatic rings. The zero-order valence-electron chi connectivity index (χ0n) is 16.7. The van der Waals surface area contributed by atoms with Crippen molar-refractivity contribution >= 4 is 48.3 Å². The molecule has 150 valence electrons. The minimum absolute atomic E-state index is 0.736. The van der Waals surface area contributed by atoms with Crippen molar-refractivity contribution in [2.24, 2.45) is 0 Å². The third-order valence-electron chi connectivity index (χ3n) is 4.77. The van der Waals surface area contributed by atoms with E-state index in [4.69, 9.17) is 14.5 Å². The molecule has 1 heterocycles. The van der Waals surface area contributed by atoms with E-state index in [1.807, 2.05) is 12.1 Å². The summed E-state index contributed by atoms with van der Waals surface area (Å²) in [5, 5.41) is 2.07. The van der Waals surface area contributed by atoms with Crippen LogP contribution in [0.1, 0.15) is 31.7 Å². The monoisotopic (exact) mass is 462 g/mol. The van der Waals surface area contributed by atoms with Gasteiger partial charge in [-0.15, -0.1) is 0 Å². The highest BCUT2D eigenvalue weighted by Crippen LogP contribution is 2.38. The molecule has 6 heteroatoms. The number of methoxy groups -OCH3 is 2. The minimum atomic E-state index is 0.736. The Kier molecular flexibility index (Phi) is 7.57. The zero-order valence-corrected chi connectivity index (χ0v) is 19.1. The van der Waals surface area contributed by atoms with E-state index in [2.05, 4.69) is 52.0 Å². The molecule has 2 aromatic carbocycles. The lowest BCUT2D eigenvalue weighted by molar-refractivity contribution is 0.355. The van der Waals surface area contributed by atoms with Crippen molar-refractivity contribution in [3.05, 3.63) is 42.0 Å². The highest BCUT2D eigenvalue weighted by atomic mass is 79.9. The average Bonchev–Trinajstić information content (AvgIpc) is 3.16. The van der Waals surface area contributed by atoms with Gasteiger partial charge in [0.25, 0.3) is 0 Å². The topological polar surface area (TPSA) is 34.6 Å². The third-order valence-corrected chi connectivity index (χ3v) is 6.38. The third kappa shape index (κ3) is 4.78. The van der Waals surface area contributed by atoms with Gasteiger partial charge in [-0.1, -0.05) is 46.7 Å². The molecule has 0 saturated carbocycles. The van der Waals surface area contributed by atoms with E-state index < -0.39 is 0 Å². The van der Waals surface area contributed by atoms with Gasteiger partial charge in [-0.3, -0.25) is 0 Å². The van der Waals surface area contributed by atoms with Gasteiger partial charge in [0, 0.05) is 23.6 Å². The maximum atomic E-state index is 5.52. The molecule has 4 nitrogen and oxygen atoms in total. The number of hydrogen-bond donors (Lipinski definition) is 0. The van der Waals surface area contributed by atoms with Crippen LogP contribution in [0.3, 0.4) is 0 Å². The van der Waals surface area contributed by atoms with Crippen LogP contribution in [0.4, 0.5) is 10.8 Å². The summed E-state index contributed by atoms with van der Waals surface area (Å²) in [6, 6.07) is 12.6. The summed E-state index contributed by atoms with van der Waals surface area (Å²) in [6.07, 6.45) is 4.50. The molecular formula is C22H27BrN2O2S. The number of alkyl halides is 1. The van der Waals surface area contributed by atoms with E-state index in [9.17, 15) is 0 Å². The largest absolute Gasteiger partial charge is 0.493 e. The maximum Gasteiger partial charge on any atom is 0.190 e. The maximum absolute atomic E-state index is 5.52. The Morgan fingerprint density at radius 1 is 1.00 bits per heavy atom. The Morgan fingerprint density at radius 2 is 1.82 bits per heavy atom. The van der Waals surface area contributed by atoms with Crippen LogP contribution in [0.15, 0.2) is 36.4 Å². The molecule has 1 aromatic heterocycles. The summed E-state index contributed by atoms with van der Waals surface area (Å²) in [7, 11) is 3.33. The number of benzene rings is 2. The molecule has 0 spiro atoms. The fraction of sp³-hybridized carbons (Fsp3) is 0.409. The SMILES string of the molecule is CCc1ccc2nc(N(CCCCCBr)c3ccc(OC)c(OC)c3)sc2c1. The second kappa shape index (κ2) is 10.1. The van der Waals surface area contributed by atoms with Gasteiger partial charge in [-0.2, -0.15) is 0 Å². The van der Waals surface area contributed by atoms with Crippen molar-refractivity contribution < 1.29 is 9.47 Å². The van der Waals surface area contributed by atoms with Crippen LogP contribution >= 0.6 is 27.3 Å². The lowest BCUT2D eigenvalue weighted by atomic mass is 10.2. The van der Waals surface area contributed by atoms with Gasteiger partial charge >= 0.3 is 0 Å². The lowest BCUT2D eigenvalue weighted by Gasteiger charge is -2.23. The number of rotatable bonds is 10. The molecule has 3 aromatic rings. The quantitative estimate of drug-likeness (QED) is 0.251. The molecular weight excluding hydrogens is 436 g/mol. The first kappa shape index (κ1) is 20.9. The van der Waals surface area contributed by atoms with Crippen molar-refractivity contribution in [3.8, 4) is 11.5 Å². The molecule has 0 atom stereocenters. The average molecular weight is 463 g/mol. The van der Waals surface area contributed by atoms with Crippen LogP contribution in [0.2, 0.25) is 0 Å². The van der Waals surface area contributed by atoms with Gasteiger partial charge in [-0.05, 0) is 49.1 Å². The smallest absolute Gasteiger partial charge is 0.190 e. The number of hydrogen-bond acceptors (Lipinski definition) is 5. The van der Waals surface area contributed by atoms with E-state index in [0.717, 1.165) is 52.6 Å². The number of nitrogens with zero attached hydrogens (tertiary/aromatic N) is 2. The predicted octanol–water partition coefficient (Wildman–Crippen LogP) is 6.58. The summed E-state index contributed by atoms with van der Waals surface area (Å²) in [4.78, 5) is 7.22. The molecule has 0 fully saturated rings. The van der Waals surface area contributed by atoms with Gasteiger partial charge in [0.05, 0.1) is 24.4 Å². The number of fused-ring (bicyclic) bond motifs is 1. The summed E-state index contributed by atoms with van der Waals surface area (Å²) < 4.78 is 12.2. The van der Waals surface area contributed by atoms with Crippen molar-refractivity contribution in [2.75, 3.05) is 31.0 Å². The van der Waals surface area contributed by atoms with E-state index >= 15 is 0 Å². The number of thiazole rings is 1. The predicted molar refractivity (Wildman–Crippen MR) is 123 cm³/mol. The Bertz CT molecular complexity index is 913. The van der Waals surface area contributed by atoms with E-state index in [1.165, 1.54) is 23.1 Å². The summed E-state index contributed by atoms with van der Waals surface area (Å²) >= 11 is 5.27. The Labute approximate surface area is 179 Å². The Morgan fingerprint density at radius 3 is 2.54 bits per heavy atom. The van der Waals surface area contributed by atoms with Crippen molar-refractivity contribution in [2.45, 2.75) is 32.6 Å². The van der Waals surface area contributed by atoms with Gasteiger partial charge in [0.1, 0.15) is 0 Å². The van der Waals surface area contributed by atoms with Gasteiger partial charge in [0.2, 0.25) is 0 Å². The lowest BCUT2D eigenvalue weighted by Crippen LogP contribution is -2.18. The first-order valence-corrected chi connectivity index (χ1v) is 11.6. The summed E-state index contributed by atoms with van der Waals surface area (Å²) in [5.41, 5.74) is 3.48. The molecule has 28 heavy (non-hydrogen) atoms. The fourth-order valence-electron chi connectivity index (χ4n) is 3.16. The molecule has 0 aliphatic heterocycles. The van der Waals surface area contributed by atoms with Gasteiger partial charge < -0.3 is 14.4 Å². The normalized spacial score (nSPS) is 11.0. The van der Waals surface area contributed by atoms with Crippen molar-refractivity contribution in [1.82, 2.24) is 4.98 Å². The van der Waals surface area contributed by atoms with Gasteiger partial charge in [-0.25, -0.2) is 4.98 Å². The van der Waals surface area contributed by atoms with Crippen LogP contribution in [0, 0.1) is 0 Å². The van der Waals surface area contributed by atoms with Crippen molar-refractivity contribution in [3.63, 3.8) is 0 Å². The second-order valence-electron chi connectivity index (χ2n) is 6.59. The second-order valence-corrected chi connectivity index (χ2v) is 8.39. The van der Waals surface area contributed by atoms with E-state index in [1.54, 1.807) is 25.6 Å². The number of ether oxygens (including phenoxy) is 2. The zero-order chi connectivity index (χ0) is 19.9. The van der Waals surface area contributed by atoms with E-state index in [-0.39, 0.29) is 0 Å². The molecule has 0 N–H and O–H groups in total. The van der Waals surface area contributed by atoms with Crippen LogP contribution in [-0.2, 0) is 6.42 Å². The highest BCUT2D eigenvalue weighted by molar-refractivity contribution is 9.09. The molecule has 3 rings (SSSR count). The number of unbranched alkanes of at least 4 members (excludes halogenated alkanes) is 2. The molecule has 0 bridgehead atoms. The fourth-order valence-corrected chi connectivity index (χ4v) is 4.63.